The normalized spacial score (nSPS) is 16.0. The van der Waals surface area contributed by atoms with Gasteiger partial charge >= 0.3 is 0 Å². The van der Waals surface area contributed by atoms with Crippen molar-refractivity contribution in [2.75, 3.05) is 13.4 Å². The molecule has 0 aliphatic heterocycles. The second-order valence-electron chi connectivity index (χ2n) is 5.61. The van der Waals surface area contributed by atoms with Crippen molar-refractivity contribution in [3.8, 4) is 18.1 Å². The van der Waals surface area contributed by atoms with Crippen LogP contribution in [0.4, 0.5) is 0 Å². The summed E-state index contributed by atoms with van der Waals surface area (Å²) in [5.41, 5.74) is 6.16. The first-order valence-electron chi connectivity index (χ1n) is 7.57. The molecule has 2 aromatic carbocycles. The molecule has 1 aliphatic rings. The molecule has 1 aliphatic carbocycles. The molecule has 3 heteroatoms. The Morgan fingerprint density at radius 2 is 1.88 bits per heavy atom. The molecule has 0 fully saturated rings. The highest BCUT2D eigenvalue weighted by Gasteiger charge is 2.25. The number of hydrogen-bond donors (Lipinski definition) is 0. The van der Waals surface area contributed by atoms with Gasteiger partial charge in [0.25, 0.3) is 0 Å². The molecule has 2 nitrogen and oxygen atoms in total. The maximum Gasteiger partial charge on any atom is 0.127 e. The summed E-state index contributed by atoms with van der Waals surface area (Å²) in [6.45, 7) is 2.04. The molecule has 1 unspecified atom stereocenters. The van der Waals surface area contributed by atoms with E-state index < -0.39 is 10.8 Å². The summed E-state index contributed by atoms with van der Waals surface area (Å²) in [4.78, 5) is 0.821. The molecule has 1 atom stereocenters. The molecule has 3 rings (SSSR count). The molecule has 0 aromatic heterocycles. The van der Waals surface area contributed by atoms with Gasteiger partial charge in [-0.25, -0.2) is 0 Å². The Bertz CT molecular complexity index is 925. The van der Waals surface area contributed by atoms with Gasteiger partial charge in [0.15, 0.2) is 0 Å². The summed E-state index contributed by atoms with van der Waals surface area (Å²) in [6, 6.07) is 13.7. The highest BCUT2D eigenvalue weighted by molar-refractivity contribution is 7.84. The van der Waals surface area contributed by atoms with Crippen molar-refractivity contribution in [3.05, 3.63) is 64.7 Å². The largest absolute Gasteiger partial charge is 0.496 e. The molecule has 0 saturated carbocycles. The average molecular weight is 334 g/mol. The molecule has 120 valence electrons. The van der Waals surface area contributed by atoms with E-state index in [-0.39, 0.29) is 0 Å². The van der Waals surface area contributed by atoms with Gasteiger partial charge in [0.05, 0.1) is 7.11 Å². The molecule has 24 heavy (non-hydrogen) atoms. The number of rotatable bonds is 3. The van der Waals surface area contributed by atoms with E-state index >= 15 is 0 Å². The van der Waals surface area contributed by atoms with Gasteiger partial charge in [-0.3, -0.25) is 4.21 Å². The van der Waals surface area contributed by atoms with Crippen LogP contribution < -0.4 is 4.74 Å². The van der Waals surface area contributed by atoms with E-state index in [4.69, 9.17) is 11.2 Å². The minimum atomic E-state index is -0.969. The highest BCUT2D eigenvalue weighted by atomic mass is 32.2. The quantitative estimate of drug-likeness (QED) is 0.778. The van der Waals surface area contributed by atoms with Gasteiger partial charge in [-0.15, -0.1) is 6.42 Å². The lowest BCUT2D eigenvalue weighted by Gasteiger charge is -2.08. The lowest BCUT2D eigenvalue weighted by atomic mass is 10.0. The first-order valence-corrected chi connectivity index (χ1v) is 9.13. The Morgan fingerprint density at radius 3 is 2.46 bits per heavy atom. The molecular weight excluding hydrogens is 316 g/mol. The summed E-state index contributed by atoms with van der Waals surface area (Å²) < 4.78 is 17.0. The van der Waals surface area contributed by atoms with E-state index in [0.717, 1.165) is 44.1 Å². The summed E-state index contributed by atoms with van der Waals surface area (Å²) in [6.07, 6.45) is 9.54. The van der Waals surface area contributed by atoms with Gasteiger partial charge < -0.3 is 4.74 Å². The predicted octanol–water partition coefficient (Wildman–Crippen LogP) is 4.39. The third-order valence-electron chi connectivity index (χ3n) is 4.23. The number of allylic oxidation sites excluding steroid dienone is 3. The van der Waals surface area contributed by atoms with E-state index in [2.05, 4.69) is 18.1 Å². The summed E-state index contributed by atoms with van der Waals surface area (Å²) in [5.74, 6) is 3.59. The molecular formula is C21H18O2S. The minimum Gasteiger partial charge on any atom is -0.496 e. The Hall–Kier alpha value is -2.57. The highest BCUT2D eigenvalue weighted by Crippen LogP contribution is 2.45. The molecule has 2 aromatic rings. The van der Waals surface area contributed by atoms with Crippen molar-refractivity contribution >= 4 is 28.0 Å². The van der Waals surface area contributed by atoms with Crippen molar-refractivity contribution in [1.29, 1.82) is 0 Å². The van der Waals surface area contributed by atoms with Crippen LogP contribution in [0.5, 0.6) is 5.75 Å². The molecule has 0 heterocycles. The Kier molecular flexibility index (Phi) is 4.42. The number of ether oxygens (including phenoxy) is 1. The van der Waals surface area contributed by atoms with Crippen molar-refractivity contribution in [3.63, 3.8) is 0 Å². The van der Waals surface area contributed by atoms with Crippen LogP contribution >= 0.6 is 0 Å². The zero-order valence-corrected chi connectivity index (χ0v) is 14.7. The van der Waals surface area contributed by atoms with Crippen molar-refractivity contribution in [2.24, 2.45) is 0 Å². The SMILES string of the molecule is C#CC1=C(C)C(=Cc2ccc(S(C)=O)cc2)c2cccc(OC)c21. The van der Waals surface area contributed by atoms with E-state index in [1.807, 2.05) is 43.3 Å². The fourth-order valence-corrected chi connectivity index (χ4v) is 3.52. The number of terminal acetylenes is 1. The second-order valence-corrected chi connectivity index (χ2v) is 6.99. The van der Waals surface area contributed by atoms with Crippen LogP contribution in [0.25, 0.3) is 17.2 Å². The fourth-order valence-electron chi connectivity index (χ4n) is 3.00. The van der Waals surface area contributed by atoms with Gasteiger partial charge in [0.2, 0.25) is 0 Å². The van der Waals surface area contributed by atoms with Crippen molar-refractivity contribution in [1.82, 2.24) is 0 Å². The first-order chi connectivity index (χ1) is 11.6. The van der Waals surface area contributed by atoms with Crippen LogP contribution in [-0.2, 0) is 10.8 Å². The van der Waals surface area contributed by atoms with Gasteiger partial charge in [-0.05, 0) is 53.5 Å². The first kappa shape index (κ1) is 16.3. The smallest absolute Gasteiger partial charge is 0.127 e. The third-order valence-corrected chi connectivity index (χ3v) is 5.17. The van der Waals surface area contributed by atoms with Crippen LogP contribution in [-0.4, -0.2) is 17.6 Å². The van der Waals surface area contributed by atoms with Crippen LogP contribution in [0.2, 0.25) is 0 Å². The van der Waals surface area contributed by atoms with Crippen LogP contribution in [0.1, 0.15) is 23.6 Å². The lowest BCUT2D eigenvalue weighted by molar-refractivity contribution is 0.413. The number of methoxy groups -OCH3 is 1. The second kappa shape index (κ2) is 6.51. The van der Waals surface area contributed by atoms with E-state index in [1.165, 1.54) is 0 Å². The monoisotopic (exact) mass is 334 g/mol. The Morgan fingerprint density at radius 1 is 1.17 bits per heavy atom. The van der Waals surface area contributed by atoms with Gasteiger partial charge in [-0.2, -0.15) is 0 Å². The Balaban J connectivity index is 2.14. The van der Waals surface area contributed by atoms with Crippen LogP contribution in [0.3, 0.4) is 0 Å². The van der Waals surface area contributed by atoms with E-state index in [1.54, 1.807) is 13.4 Å². The van der Waals surface area contributed by atoms with Gasteiger partial charge in [0.1, 0.15) is 5.75 Å². The Labute approximate surface area is 145 Å². The lowest BCUT2D eigenvalue weighted by Crippen LogP contribution is -1.91. The predicted molar refractivity (Wildman–Crippen MR) is 101 cm³/mol. The minimum absolute atomic E-state index is 0.792. The zero-order chi connectivity index (χ0) is 17.3. The van der Waals surface area contributed by atoms with E-state index in [9.17, 15) is 4.21 Å². The number of hydrogen-bond acceptors (Lipinski definition) is 2. The van der Waals surface area contributed by atoms with Gasteiger partial charge in [0, 0.05) is 33.1 Å². The summed E-state index contributed by atoms with van der Waals surface area (Å²) in [7, 11) is 0.688. The topological polar surface area (TPSA) is 26.3 Å². The summed E-state index contributed by atoms with van der Waals surface area (Å²) in [5, 5.41) is 0. The van der Waals surface area contributed by atoms with Crippen LogP contribution in [0.15, 0.2) is 52.9 Å². The molecule has 0 spiro atoms. The molecule has 0 saturated heterocycles. The summed E-state index contributed by atoms with van der Waals surface area (Å²) >= 11 is 0. The van der Waals surface area contributed by atoms with Crippen molar-refractivity contribution in [2.45, 2.75) is 11.8 Å². The maximum absolute atomic E-state index is 11.5. The molecule has 0 N–H and O–H groups in total. The third kappa shape index (κ3) is 2.70. The van der Waals surface area contributed by atoms with Gasteiger partial charge in [-0.1, -0.05) is 30.2 Å². The van der Waals surface area contributed by atoms with Crippen molar-refractivity contribution < 1.29 is 8.95 Å². The average Bonchev–Trinajstić information content (AvgIpc) is 2.87. The zero-order valence-electron chi connectivity index (χ0n) is 13.9. The molecule has 0 amide bonds. The fraction of sp³-hybridized carbons (Fsp3) is 0.143. The maximum atomic E-state index is 11.5. The number of benzene rings is 2. The number of fused-ring (bicyclic) bond motifs is 1. The standard InChI is InChI=1S/C21H18O2S/c1-5-17-14(2)19(18-7-6-8-20(23-3)21(17)18)13-15-9-11-16(12-10-15)24(4)22/h1,6-13H,2-4H3. The van der Waals surface area contributed by atoms with Crippen LogP contribution in [0, 0.1) is 12.3 Å². The molecule has 0 radical (unpaired) electrons. The molecule has 0 bridgehead atoms. The van der Waals surface area contributed by atoms with E-state index in [0.29, 0.717) is 0 Å².